The fourth-order valence-electron chi connectivity index (χ4n) is 4.67. The van der Waals surface area contributed by atoms with E-state index in [2.05, 4.69) is 0 Å². The van der Waals surface area contributed by atoms with Crippen molar-refractivity contribution in [1.29, 1.82) is 0 Å². The SMILES string of the molecule is C.COc1cccc(-c2cccc(C(=O)O)c2)c1.O=C(O)c1ccc(O)c(-c2ccccc2)c1.O=C(O)c1ccc(O)c(-c2ccccc2)c1.[Ac]. The van der Waals surface area contributed by atoms with Gasteiger partial charge in [0.15, 0.2) is 0 Å². The maximum absolute atomic E-state index is 10.9. The predicted molar refractivity (Wildman–Crippen MR) is 193 cm³/mol. The largest absolute Gasteiger partial charge is 0.507 e. The molecular weight excluding hydrogens is 863 g/mol. The van der Waals surface area contributed by atoms with Crippen LogP contribution in [-0.2, 0) is 0 Å². The Morgan fingerprint density at radius 3 is 1.24 bits per heavy atom. The van der Waals surface area contributed by atoms with Gasteiger partial charge in [0.2, 0.25) is 0 Å². The molecule has 0 saturated heterocycles. The van der Waals surface area contributed by atoms with Gasteiger partial charge in [-0.15, -0.1) is 0 Å². The second-order valence-electron chi connectivity index (χ2n) is 10.4. The number of rotatable bonds is 7. The summed E-state index contributed by atoms with van der Waals surface area (Å²) >= 11 is 0. The predicted octanol–water partition coefficient (Wildman–Crippen LogP) is 9.21. The number of phenolic OH excluding ortho intramolecular Hbond substituents is 2. The van der Waals surface area contributed by atoms with Crippen LogP contribution in [0.15, 0.2) is 146 Å². The van der Waals surface area contributed by atoms with Crippen LogP contribution in [0.1, 0.15) is 38.5 Å². The molecule has 6 rings (SSSR count). The number of benzene rings is 6. The molecule has 0 fully saturated rings. The second kappa shape index (κ2) is 20.3. The van der Waals surface area contributed by atoms with Crippen molar-refractivity contribution >= 4 is 17.9 Å². The molecule has 0 aliphatic carbocycles. The van der Waals surface area contributed by atoms with Crippen molar-refractivity contribution in [3.8, 4) is 50.6 Å². The third kappa shape index (κ3) is 11.8. The molecule has 257 valence electrons. The van der Waals surface area contributed by atoms with E-state index in [0.29, 0.717) is 11.1 Å². The first kappa shape index (κ1) is 41.7. The number of aromatic carboxylic acids is 3. The molecule has 9 nitrogen and oxygen atoms in total. The van der Waals surface area contributed by atoms with E-state index in [-0.39, 0.29) is 79.7 Å². The van der Waals surface area contributed by atoms with E-state index in [0.717, 1.165) is 28.0 Å². The van der Waals surface area contributed by atoms with Gasteiger partial charge in [0.05, 0.1) is 23.8 Å². The summed E-state index contributed by atoms with van der Waals surface area (Å²) in [4.78, 5) is 32.5. The molecule has 0 spiro atoms. The van der Waals surface area contributed by atoms with Crippen LogP contribution in [-0.4, -0.2) is 50.6 Å². The van der Waals surface area contributed by atoms with E-state index in [4.69, 9.17) is 20.1 Å². The summed E-state index contributed by atoms with van der Waals surface area (Å²) in [5, 5.41) is 46.0. The summed E-state index contributed by atoms with van der Waals surface area (Å²) in [5.74, 6) is -2.01. The minimum atomic E-state index is -1.00. The molecule has 0 atom stereocenters. The first-order valence-corrected chi connectivity index (χ1v) is 14.8. The summed E-state index contributed by atoms with van der Waals surface area (Å²) in [6, 6.07) is 41.2. The summed E-state index contributed by atoms with van der Waals surface area (Å²) in [6.45, 7) is 0. The first-order chi connectivity index (χ1) is 23.6. The Balaban J connectivity index is 0.000000260. The third-order valence-corrected chi connectivity index (χ3v) is 7.17. The number of hydrogen-bond donors (Lipinski definition) is 5. The average Bonchev–Trinajstić information content (AvgIpc) is 3.13. The van der Waals surface area contributed by atoms with Crippen LogP contribution in [0, 0.1) is 44.1 Å². The van der Waals surface area contributed by atoms with Crippen molar-refractivity contribution in [2.45, 2.75) is 7.43 Å². The van der Waals surface area contributed by atoms with Crippen LogP contribution in [0.5, 0.6) is 17.2 Å². The number of aromatic hydroxyl groups is 2. The number of carboxylic acids is 3. The van der Waals surface area contributed by atoms with Crippen molar-refractivity contribution in [3.63, 3.8) is 0 Å². The molecule has 0 saturated carbocycles. The van der Waals surface area contributed by atoms with Crippen molar-refractivity contribution in [1.82, 2.24) is 0 Å². The number of methoxy groups -OCH3 is 1. The molecule has 0 heterocycles. The topological polar surface area (TPSA) is 162 Å². The van der Waals surface area contributed by atoms with Gasteiger partial charge in [0.25, 0.3) is 0 Å². The van der Waals surface area contributed by atoms with Gasteiger partial charge in [0, 0.05) is 55.2 Å². The Kier molecular flexibility index (Phi) is 16.6. The number of phenols is 2. The number of hydrogen-bond acceptors (Lipinski definition) is 6. The van der Waals surface area contributed by atoms with Crippen molar-refractivity contribution < 1.29 is 88.7 Å². The fourth-order valence-corrected chi connectivity index (χ4v) is 4.67. The summed E-state index contributed by atoms with van der Waals surface area (Å²) in [5.41, 5.74) is 5.06. The Morgan fingerprint density at radius 2 is 0.824 bits per heavy atom. The van der Waals surface area contributed by atoms with Crippen LogP contribution >= 0.6 is 0 Å². The molecule has 0 aromatic heterocycles. The maximum Gasteiger partial charge on any atom is 0.335 e. The summed E-state index contributed by atoms with van der Waals surface area (Å²) < 4.78 is 5.14. The Bertz CT molecular complexity index is 1960. The van der Waals surface area contributed by atoms with Gasteiger partial charge in [-0.05, 0) is 82.9 Å². The zero-order valence-electron chi connectivity index (χ0n) is 26.8. The van der Waals surface area contributed by atoms with Crippen molar-refractivity contribution in [2.75, 3.05) is 7.11 Å². The third-order valence-electron chi connectivity index (χ3n) is 7.17. The Morgan fingerprint density at radius 1 is 0.451 bits per heavy atom. The van der Waals surface area contributed by atoms with Gasteiger partial charge in [-0.25, -0.2) is 14.4 Å². The van der Waals surface area contributed by atoms with Crippen molar-refractivity contribution in [2.24, 2.45) is 0 Å². The van der Waals surface area contributed by atoms with E-state index in [1.54, 1.807) is 25.3 Å². The molecule has 0 unspecified atom stereocenters. The van der Waals surface area contributed by atoms with Gasteiger partial charge in [0.1, 0.15) is 17.2 Å². The molecule has 0 aliphatic heterocycles. The minimum absolute atomic E-state index is 0. The quantitative estimate of drug-likeness (QED) is 0.105. The number of carboxylic acid groups (broad SMARTS) is 3. The number of carbonyl (C=O) groups is 3. The van der Waals surface area contributed by atoms with Crippen LogP contribution in [0.25, 0.3) is 33.4 Å². The first-order valence-electron chi connectivity index (χ1n) is 14.8. The average molecular weight is 900 g/mol. The molecule has 0 amide bonds. The zero-order valence-corrected chi connectivity index (χ0v) is 31.5. The smallest absolute Gasteiger partial charge is 0.335 e. The molecule has 10 heteroatoms. The monoisotopic (exact) mass is 899 g/mol. The van der Waals surface area contributed by atoms with Crippen LogP contribution in [0.2, 0.25) is 0 Å². The van der Waals surface area contributed by atoms with Gasteiger partial charge in [-0.2, -0.15) is 0 Å². The van der Waals surface area contributed by atoms with Gasteiger partial charge >= 0.3 is 17.9 Å². The minimum Gasteiger partial charge on any atom is -0.507 e. The Hall–Kier alpha value is -5.43. The van der Waals surface area contributed by atoms with Gasteiger partial charge < -0.3 is 30.3 Å². The molecule has 5 N–H and O–H groups in total. The summed E-state index contributed by atoms with van der Waals surface area (Å²) in [7, 11) is 1.60. The molecule has 0 bridgehead atoms. The summed E-state index contributed by atoms with van der Waals surface area (Å²) in [6.07, 6.45) is 0. The fraction of sp³-hybridized carbons (Fsp3) is 0.0488. The Labute approximate surface area is 331 Å². The van der Waals surface area contributed by atoms with E-state index < -0.39 is 17.9 Å². The molecule has 6 aromatic carbocycles. The standard InChI is InChI=1S/C14H12O3.2C13H10O3.CH4.Ac/c1-17-13-7-3-5-11(9-13)10-4-2-6-12(8-10)14(15)16;2*14-12-7-6-10(13(15)16)8-11(12)9-4-2-1-3-5-9;;/h2-9H,1H3,(H,15,16);2*1-8,14H,(H,15,16);1H4;. The van der Waals surface area contributed by atoms with Crippen LogP contribution in [0.3, 0.4) is 0 Å². The maximum atomic E-state index is 10.9. The van der Waals surface area contributed by atoms with E-state index in [1.165, 1.54) is 36.4 Å². The molecule has 6 aromatic rings. The molecule has 0 aliphatic rings. The van der Waals surface area contributed by atoms with Gasteiger partial charge in [-0.1, -0.05) is 92.4 Å². The van der Waals surface area contributed by atoms with Crippen LogP contribution < -0.4 is 4.74 Å². The number of ether oxygens (including phenoxy) is 1. The van der Waals surface area contributed by atoms with E-state index in [1.807, 2.05) is 91.0 Å². The van der Waals surface area contributed by atoms with Crippen molar-refractivity contribution in [3.05, 3.63) is 162 Å². The molecule has 51 heavy (non-hydrogen) atoms. The molecule has 1 radical (unpaired) electrons. The second-order valence-corrected chi connectivity index (χ2v) is 10.4. The zero-order chi connectivity index (χ0) is 35.3. The normalized spacial score (nSPS) is 9.59. The van der Waals surface area contributed by atoms with E-state index in [9.17, 15) is 24.6 Å². The van der Waals surface area contributed by atoms with E-state index >= 15 is 0 Å². The van der Waals surface area contributed by atoms with Crippen LogP contribution in [0.4, 0.5) is 0 Å². The van der Waals surface area contributed by atoms with Gasteiger partial charge in [-0.3, -0.25) is 0 Å². The molecular formula is C41H36AcO9.